The topological polar surface area (TPSA) is 48.5 Å². The standard InChI is InChI=1S/C22H23FN4OS/c1-26(2)18-10-11-27(14-18)22-25-19-8-7-17(13-20(19)29-22)24-21(28)9-6-15-4-3-5-16(23)12-15/h3-9,12-13,18H,10-11,14H2,1-2H3,(H,24,28)/t18-/m1/s1. The van der Waals surface area contributed by atoms with E-state index in [1.807, 2.05) is 18.2 Å². The predicted octanol–water partition coefficient (Wildman–Crippen LogP) is 4.23. The number of benzene rings is 2. The molecule has 0 spiro atoms. The highest BCUT2D eigenvalue weighted by Gasteiger charge is 2.26. The molecule has 7 heteroatoms. The minimum atomic E-state index is -0.325. The molecule has 2 heterocycles. The number of aromatic nitrogens is 1. The fourth-order valence-electron chi connectivity index (χ4n) is 3.43. The average Bonchev–Trinajstić information content (AvgIpc) is 3.33. The van der Waals surface area contributed by atoms with Gasteiger partial charge in [0.05, 0.1) is 10.2 Å². The van der Waals surface area contributed by atoms with Crippen molar-refractivity contribution in [3.8, 4) is 0 Å². The number of nitrogens with zero attached hydrogens (tertiary/aromatic N) is 3. The van der Waals surface area contributed by atoms with Crippen molar-refractivity contribution in [3.63, 3.8) is 0 Å². The molecule has 1 N–H and O–H groups in total. The van der Waals surface area contributed by atoms with E-state index >= 15 is 0 Å². The molecule has 0 radical (unpaired) electrons. The van der Waals surface area contributed by atoms with E-state index in [1.54, 1.807) is 29.5 Å². The van der Waals surface area contributed by atoms with E-state index in [2.05, 4.69) is 29.2 Å². The van der Waals surface area contributed by atoms with Crippen LogP contribution in [0, 0.1) is 5.82 Å². The lowest BCUT2D eigenvalue weighted by atomic mass is 10.2. The first-order valence-electron chi connectivity index (χ1n) is 9.54. The van der Waals surface area contributed by atoms with Crippen LogP contribution in [0.25, 0.3) is 16.3 Å². The van der Waals surface area contributed by atoms with Crippen LogP contribution < -0.4 is 10.2 Å². The molecule has 0 bridgehead atoms. The molecule has 1 saturated heterocycles. The third kappa shape index (κ3) is 4.63. The van der Waals surface area contributed by atoms with E-state index < -0.39 is 0 Å². The molecule has 1 atom stereocenters. The molecule has 2 aromatic carbocycles. The summed E-state index contributed by atoms with van der Waals surface area (Å²) in [6.45, 7) is 2.00. The monoisotopic (exact) mass is 410 g/mol. The molecule has 4 rings (SSSR count). The zero-order chi connectivity index (χ0) is 20.4. The van der Waals surface area contributed by atoms with Gasteiger partial charge >= 0.3 is 0 Å². The molecule has 3 aromatic rings. The molecule has 1 aliphatic rings. The van der Waals surface area contributed by atoms with Gasteiger partial charge in [-0.2, -0.15) is 0 Å². The molecular formula is C22H23FN4OS. The normalized spacial score (nSPS) is 17.0. The van der Waals surface area contributed by atoms with Crippen LogP contribution >= 0.6 is 11.3 Å². The number of hydrogen-bond donors (Lipinski definition) is 1. The van der Waals surface area contributed by atoms with Gasteiger partial charge in [-0.3, -0.25) is 4.79 Å². The number of amides is 1. The summed E-state index contributed by atoms with van der Waals surface area (Å²) in [6, 6.07) is 12.4. The zero-order valence-corrected chi connectivity index (χ0v) is 17.2. The fraction of sp³-hybridized carbons (Fsp3) is 0.273. The molecule has 1 fully saturated rings. The van der Waals surface area contributed by atoms with Gasteiger partial charge in [0.25, 0.3) is 0 Å². The van der Waals surface area contributed by atoms with Crippen molar-refractivity contribution in [2.45, 2.75) is 12.5 Å². The van der Waals surface area contributed by atoms with Gasteiger partial charge in [-0.25, -0.2) is 9.37 Å². The van der Waals surface area contributed by atoms with E-state index in [9.17, 15) is 9.18 Å². The Morgan fingerprint density at radius 1 is 1.31 bits per heavy atom. The number of hydrogen-bond acceptors (Lipinski definition) is 5. The van der Waals surface area contributed by atoms with E-state index in [1.165, 1.54) is 18.2 Å². The highest BCUT2D eigenvalue weighted by atomic mass is 32.1. The molecule has 5 nitrogen and oxygen atoms in total. The first kappa shape index (κ1) is 19.5. The van der Waals surface area contributed by atoms with Crippen LogP contribution in [0.5, 0.6) is 0 Å². The van der Waals surface area contributed by atoms with Gasteiger partial charge in [-0.05, 0) is 62.5 Å². The Hall–Kier alpha value is -2.77. The average molecular weight is 411 g/mol. The molecule has 0 unspecified atom stereocenters. The zero-order valence-electron chi connectivity index (χ0n) is 16.4. The third-order valence-electron chi connectivity index (χ3n) is 5.08. The number of nitrogens with one attached hydrogen (secondary N) is 1. The van der Waals surface area contributed by atoms with Gasteiger partial charge in [0.15, 0.2) is 5.13 Å². The molecule has 150 valence electrons. The SMILES string of the molecule is CN(C)[C@@H]1CCN(c2nc3ccc(NC(=O)C=Cc4cccc(F)c4)cc3s2)C1. The van der Waals surface area contributed by atoms with Gasteiger partial charge in [0, 0.05) is 30.9 Å². The summed E-state index contributed by atoms with van der Waals surface area (Å²) in [4.78, 5) is 21.6. The van der Waals surface area contributed by atoms with E-state index in [0.29, 0.717) is 17.3 Å². The summed E-state index contributed by atoms with van der Waals surface area (Å²) < 4.78 is 14.3. The van der Waals surface area contributed by atoms with Crippen molar-refractivity contribution in [3.05, 3.63) is 59.9 Å². The number of halogens is 1. The van der Waals surface area contributed by atoms with Crippen molar-refractivity contribution < 1.29 is 9.18 Å². The molecule has 0 aliphatic carbocycles. The van der Waals surface area contributed by atoms with Crippen LogP contribution in [0.2, 0.25) is 0 Å². The highest BCUT2D eigenvalue weighted by molar-refractivity contribution is 7.22. The smallest absolute Gasteiger partial charge is 0.248 e. The van der Waals surface area contributed by atoms with E-state index in [-0.39, 0.29) is 11.7 Å². The number of fused-ring (bicyclic) bond motifs is 1. The number of thiazole rings is 1. The molecule has 0 saturated carbocycles. The number of anilines is 2. The second kappa shape index (κ2) is 8.31. The van der Waals surface area contributed by atoms with Gasteiger partial charge < -0.3 is 15.1 Å². The Morgan fingerprint density at radius 3 is 2.93 bits per heavy atom. The van der Waals surface area contributed by atoms with Gasteiger partial charge in [-0.15, -0.1) is 0 Å². The lowest BCUT2D eigenvalue weighted by Gasteiger charge is -2.19. The summed E-state index contributed by atoms with van der Waals surface area (Å²) in [7, 11) is 4.23. The largest absolute Gasteiger partial charge is 0.346 e. The Morgan fingerprint density at radius 2 is 2.17 bits per heavy atom. The van der Waals surface area contributed by atoms with Crippen LogP contribution in [-0.4, -0.2) is 49.0 Å². The molecule has 1 aromatic heterocycles. The molecular weight excluding hydrogens is 387 g/mol. The van der Waals surface area contributed by atoms with Crippen LogP contribution in [0.3, 0.4) is 0 Å². The predicted molar refractivity (Wildman–Crippen MR) is 118 cm³/mol. The summed E-state index contributed by atoms with van der Waals surface area (Å²) in [5, 5.41) is 3.89. The third-order valence-corrected chi connectivity index (χ3v) is 6.16. The minimum Gasteiger partial charge on any atom is -0.346 e. The maximum atomic E-state index is 13.2. The maximum Gasteiger partial charge on any atom is 0.248 e. The number of carbonyl (C=O) groups is 1. The Balaban J connectivity index is 1.44. The molecule has 1 aliphatic heterocycles. The van der Waals surface area contributed by atoms with Crippen molar-refractivity contribution >= 4 is 44.4 Å². The van der Waals surface area contributed by atoms with Crippen molar-refractivity contribution in [2.75, 3.05) is 37.4 Å². The Labute approximate surface area is 173 Å². The van der Waals surface area contributed by atoms with Crippen molar-refractivity contribution in [1.82, 2.24) is 9.88 Å². The van der Waals surface area contributed by atoms with Gasteiger partial charge in [0.2, 0.25) is 5.91 Å². The first-order chi connectivity index (χ1) is 14.0. The maximum absolute atomic E-state index is 13.2. The molecule has 29 heavy (non-hydrogen) atoms. The first-order valence-corrected chi connectivity index (χ1v) is 10.4. The van der Waals surface area contributed by atoms with Gasteiger partial charge in [0.1, 0.15) is 5.82 Å². The Bertz CT molecular complexity index is 1060. The summed E-state index contributed by atoms with van der Waals surface area (Å²) in [5.41, 5.74) is 2.30. The number of carbonyl (C=O) groups excluding carboxylic acids is 1. The number of rotatable bonds is 5. The fourth-order valence-corrected chi connectivity index (χ4v) is 4.47. The lowest BCUT2D eigenvalue weighted by Crippen LogP contribution is -2.31. The number of likely N-dealkylation sites (N-methyl/N-ethyl adjacent to an activating group) is 1. The molecule has 1 amide bonds. The van der Waals surface area contributed by atoms with Crippen molar-refractivity contribution in [1.29, 1.82) is 0 Å². The van der Waals surface area contributed by atoms with Crippen LogP contribution in [0.1, 0.15) is 12.0 Å². The van der Waals surface area contributed by atoms with E-state index in [0.717, 1.165) is 34.9 Å². The second-order valence-electron chi connectivity index (χ2n) is 7.41. The highest BCUT2D eigenvalue weighted by Crippen LogP contribution is 2.33. The lowest BCUT2D eigenvalue weighted by molar-refractivity contribution is -0.111. The summed E-state index contributed by atoms with van der Waals surface area (Å²) in [6.07, 6.45) is 4.14. The van der Waals surface area contributed by atoms with Crippen LogP contribution in [0.15, 0.2) is 48.5 Å². The van der Waals surface area contributed by atoms with Crippen LogP contribution in [-0.2, 0) is 4.79 Å². The van der Waals surface area contributed by atoms with E-state index in [4.69, 9.17) is 4.98 Å². The van der Waals surface area contributed by atoms with Crippen molar-refractivity contribution in [2.24, 2.45) is 0 Å². The van der Waals surface area contributed by atoms with Crippen LogP contribution in [0.4, 0.5) is 15.2 Å². The summed E-state index contributed by atoms with van der Waals surface area (Å²) in [5.74, 6) is -0.583. The van der Waals surface area contributed by atoms with Gasteiger partial charge in [-0.1, -0.05) is 23.5 Å². The minimum absolute atomic E-state index is 0.258. The Kier molecular flexibility index (Phi) is 5.60. The summed E-state index contributed by atoms with van der Waals surface area (Å²) >= 11 is 1.65. The second-order valence-corrected chi connectivity index (χ2v) is 8.42. The quantitative estimate of drug-likeness (QED) is 0.640.